The molecule has 2 rings (SSSR count). The predicted octanol–water partition coefficient (Wildman–Crippen LogP) is 4.04. The van der Waals surface area contributed by atoms with Crippen LogP contribution in [0.15, 0.2) is 18.2 Å². The van der Waals surface area contributed by atoms with Crippen LogP contribution in [0.1, 0.15) is 58.4 Å². The summed E-state index contributed by atoms with van der Waals surface area (Å²) < 4.78 is 11.4. The molecule has 0 radical (unpaired) electrons. The average Bonchev–Trinajstić information content (AvgIpc) is 2.72. The molecule has 5 heteroatoms. The number of nitrogens with one attached hydrogen (secondary N) is 1. The molecule has 28 heavy (non-hydrogen) atoms. The van der Waals surface area contributed by atoms with Crippen LogP contribution in [0.25, 0.3) is 0 Å². The Labute approximate surface area is 170 Å². The SMILES string of the molecule is CCN(CC)CCOc1ccc(CCC(=O)N[C@H]2CC[C@H](C)CC2)cc1OC. The quantitative estimate of drug-likeness (QED) is 0.619. The van der Waals surface area contributed by atoms with E-state index >= 15 is 0 Å². The molecule has 1 aliphatic carbocycles. The lowest BCUT2D eigenvalue weighted by atomic mass is 9.87. The van der Waals surface area contributed by atoms with Crippen molar-refractivity contribution in [2.45, 2.75) is 65.3 Å². The molecule has 5 nitrogen and oxygen atoms in total. The minimum atomic E-state index is 0.151. The number of rotatable bonds is 11. The smallest absolute Gasteiger partial charge is 0.220 e. The Morgan fingerprint density at radius 1 is 1.14 bits per heavy atom. The van der Waals surface area contributed by atoms with Crippen LogP contribution in [0.2, 0.25) is 0 Å². The van der Waals surface area contributed by atoms with Crippen LogP contribution in [0.4, 0.5) is 0 Å². The normalized spacial score (nSPS) is 19.5. The van der Waals surface area contributed by atoms with Gasteiger partial charge in [-0.15, -0.1) is 0 Å². The molecule has 1 aromatic rings. The first-order chi connectivity index (χ1) is 13.5. The number of carbonyl (C=O) groups excluding carboxylic acids is 1. The molecule has 0 aromatic heterocycles. The Morgan fingerprint density at radius 2 is 1.86 bits per heavy atom. The topological polar surface area (TPSA) is 50.8 Å². The van der Waals surface area contributed by atoms with E-state index in [2.05, 4.69) is 31.0 Å². The second-order valence-electron chi connectivity index (χ2n) is 7.88. The van der Waals surface area contributed by atoms with Crippen molar-refractivity contribution < 1.29 is 14.3 Å². The van der Waals surface area contributed by atoms with Crippen LogP contribution < -0.4 is 14.8 Å². The van der Waals surface area contributed by atoms with Gasteiger partial charge in [0.2, 0.25) is 5.91 Å². The third-order valence-electron chi connectivity index (χ3n) is 5.81. The monoisotopic (exact) mass is 390 g/mol. The molecule has 1 amide bonds. The summed E-state index contributed by atoms with van der Waals surface area (Å²) in [6.45, 7) is 10.2. The van der Waals surface area contributed by atoms with E-state index in [1.165, 1.54) is 12.8 Å². The molecule has 0 unspecified atom stereocenters. The second kappa shape index (κ2) is 11.9. The fraction of sp³-hybridized carbons (Fsp3) is 0.696. The number of methoxy groups -OCH3 is 1. The highest BCUT2D eigenvalue weighted by atomic mass is 16.5. The van der Waals surface area contributed by atoms with Crippen LogP contribution in [0.5, 0.6) is 11.5 Å². The van der Waals surface area contributed by atoms with Gasteiger partial charge < -0.3 is 19.7 Å². The number of aryl methyl sites for hydroxylation is 1. The largest absolute Gasteiger partial charge is 0.493 e. The van der Waals surface area contributed by atoms with Gasteiger partial charge >= 0.3 is 0 Å². The lowest BCUT2D eigenvalue weighted by Gasteiger charge is -2.26. The number of ether oxygens (including phenoxy) is 2. The Bertz CT molecular complexity index is 594. The van der Waals surface area contributed by atoms with Gasteiger partial charge in [-0.25, -0.2) is 0 Å². The summed E-state index contributed by atoms with van der Waals surface area (Å²) in [7, 11) is 1.66. The van der Waals surface area contributed by atoms with Gasteiger partial charge in [0.05, 0.1) is 7.11 Å². The number of likely N-dealkylation sites (N-methyl/N-ethyl adjacent to an activating group) is 1. The van der Waals surface area contributed by atoms with Crippen molar-refractivity contribution in [3.63, 3.8) is 0 Å². The van der Waals surface area contributed by atoms with E-state index in [0.717, 1.165) is 55.5 Å². The summed E-state index contributed by atoms with van der Waals surface area (Å²) in [6, 6.07) is 6.34. The molecular formula is C23H38N2O3. The Morgan fingerprint density at radius 3 is 2.50 bits per heavy atom. The fourth-order valence-corrected chi connectivity index (χ4v) is 3.77. The van der Waals surface area contributed by atoms with Gasteiger partial charge in [-0.1, -0.05) is 26.8 Å². The van der Waals surface area contributed by atoms with Gasteiger partial charge in [0, 0.05) is 19.0 Å². The molecule has 1 aromatic carbocycles. The molecule has 0 aliphatic heterocycles. The van der Waals surface area contributed by atoms with Crippen LogP contribution in [-0.2, 0) is 11.2 Å². The third-order valence-corrected chi connectivity index (χ3v) is 5.81. The Kier molecular flexibility index (Phi) is 9.62. The minimum Gasteiger partial charge on any atom is -0.493 e. The van der Waals surface area contributed by atoms with Crippen molar-refractivity contribution in [3.8, 4) is 11.5 Å². The summed E-state index contributed by atoms with van der Waals surface area (Å²) in [5.41, 5.74) is 1.10. The molecule has 1 fully saturated rings. The Balaban J connectivity index is 1.79. The predicted molar refractivity (Wildman–Crippen MR) is 114 cm³/mol. The van der Waals surface area contributed by atoms with Crippen molar-refractivity contribution in [2.24, 2.45) is 5.92 Å². The number of carbonyl (C=O) groups is 1. The van der Waals surface area contributed by atoms with Crippen LogP contribution in [-0.4, -0.2) is 50.2 Å². The molecule has 0 atom stereocenters. The zero-order valence-electron chi connectivity index (χ0n) is 18.1. The molecule has 0 bridgehead atoms. The summed E-state index contributed by atoms with van der Waals surface area (Å²) in [5.74, 6) is 2.45. The van der Waals surface area contributed by atoms with E-state index in [-0.39, 0.29) is 5.91 Å². The van der Waals surface area contributed by atoms with E-state index in [0.29, 0.717) is 25.5 Å². The van der Waals surface area contributed by atoms with Crippen molar-refractivity contribution in [1.82, 2.24) is 10.2 Å². The lowest BCUT2D eigenvalue weighted by molar-refractivity contribution is -0.122. The highest BCUT2D eigenvalue weighted by Gasteiger charge is 2.19. The van der Waals surface area contributed by atoms with Gasteiger partial charge in [0.25, 0.3) is 0 Å². The minimum absolute atomic E-state index is 0.151. The van der Waals surface area contributed by atoms with Gasteiger partial charge in [-0.3, -0.25) is 4.79 Å². The summed E-state index contributed by atoms with van der Waals surface area (Å²) in [6.07, 6.45) is 5.89. The van der Waals surface area contributed by atoms with E-state index in [1.807, 2.05) is 18.2 Å². The maximum Gasteiger partial charge on any atom is 0.220 e. The number of hydrogen-bond donors (Lipinski definition) is 1. The van der Waals surface area contributed by atoms with E-state index < -0.39 is 0 Å². The van der Waals surface area contributed by atoms with E-state index in [1.54, 1.807) is 7.11 Å². The molecule has 0 heterocycles. The highest BCUT2D eigenvalue weighted by molar-refractivity contribution is 5.76. The van der Waals surface area contributed by atoms with Crippen molar-refractivity contribution >= 4 is 5.91 Å². The molecule has 0 spiro atoms. The van der Waals surface area contributed by atoms with Crippen LogP contribution in [0, 0.1) is 5.92 Å². The van der Waals surface area contributed by atoms with Crippen molar-refractivity contribution in [1.29, 1.82) is 0 Å². The number of benzene rings is 1. The highest BCUT2D eigenvalue weighted by Crippen LogP contribution is 2.28. The standard InChI is InChI=1S/C23H38N2O3/c1-5-25(6-2)15-16-28-21-13-9-19(17-22(21)27-4)10-14-23(26)24-20-11-7-18(3)8-12-20/h9,13,17-18,20H,5-8,10-12,14-16H2,1-4H3,(H,24,26)/t18-,20-. The van der Waals surface area contributed by atoms with Gasteiger partial charge in [-0.05, 0) is 68.8 Å². The second-order valence-corrected chi connectivity index (χ2v) is 7.88. The van der Waals surface area contributed by atoms with E-state index in [4.69, 9.17) is 9.47 Å². The molecular weight excluding hydrogens is 352 g/mol. The molecule has 0 saturated heterocycles. The molecule has 1 N–H and O–H groups in total. The first kappa shape index (κ1) is 22.5. The van der Waals surface area contributed by atoms with E-state index in [9.17, 15) is 4.79 Å². The fourth-order valence-electron chi connectivity index (χ4n) is 3.77. The molecule has 1 saturated carbocycles. The van der Waals surface area contributed by atoms with Crippen molar-refractivity contribution in [3.05, 3.63) is 23.8 Å². The average molecular weight is 391 g/mol. The van der Waals surface area contributed by atoms with Gasteiger partial charge in [0.15, 0.2) is 11.5 Å². The number of nitrogens with zero attached hydrogens (tertiary/aromatic N) is 1. The lowest BCUT2D eigenvalue weighted by Crippen LogP contribution is -2.37. The zero-order valence-corrected chi connectivity index (χ0v) is 18.1. The molecule has 1 aliphatic rings. The number of amides is 1. The van der Waals surface area contributed by atoms with Gasteiger partial charge in [-0.2, -0.15) is 0 Å². The van der Waals surface area contributed by atoms with Crippen molar-refractivity contribution in [2.75, 3.05) is 33.4 Å². The maximum absolute atomic E-state index is 12.3. The summed E-state index contributed by atoms with van der Waals surface area (Å²) >= 11 is 0. The van der Waals surface area contributed by atoms with Gasteiger partial charge in [0.1, 0.15) is 6.61 Å². The summed E-state index contributed by atoms with van der Waals surface area (Å²) in [4.78, 5) is 14.6. The third kappa shape index (κ3) is 7.34. The van der Waals surface area contributed by atoms with Crippen LogP contribution in [0.3, 0.4) is 0 Å². The Hall–Kier alpha value is -1.75. The maximum atomic E-state index is 12.3. The molecule has 158 valence electrons. The summed E-state index contributed by atoms with van der Waals surface area (Å²) in [5, 5.41) is 3.20. The van der Waals surface area contributed by atoms with Crippen LogP contribution >= 0.6 is 0 Å². The number of hydrogen-bond acceptors (Lipinski definition) is 4. The zero-order chi connectivity index (χ0) is 20.4. The first-order valence-corrected chi connectivity index (χ1v) is 10.9. The first-order valence-electron chi connectivity index (χ1n) is 10.9.